The molecule has 6 atom stereocenters. The van der Waals surface area contributed by atoms with Crippen molar-refractivity contribution in [3.05, 3.63) is 16.7 Å². The molecule has 2 fully saturated rings. The highest BCUT2D eigenvalue weighted by Gasteiger charge is 2.57. The first kappa shape index (κ1) is 41.6. The monoisotopic (exact) mass is 741 g/mol. The van der Waals surface area contributed by atoms with Crippen molar-refractivity contribution in [1.82, 2.24) is 28.9 Å². The topological polar surface area (TPSA) is 224 Å². The Bertz CT molecular complexity index is 1480. The molecule has 2 saturated heterocycles. The van der Waals surface area contributed by atoms with Crippen LogP contribution in [0.5, 0.6) is 0 Å². The Morgan fingerprint density at radius 2 is 1.47 bits per heavy atom. The average Bonchev–Trinajstić information content (AvgIpc) is 3.65. The Morgan fingerprint density at radius 1 is 0.918 bits per heavy atom. The van der Waals surface area contributed by atoms with Crippen molar-refractivity contribution < 1.29 is 51.2 Å². The number of ether oxygens (including phenoxy) is 4. The molecule has 2 aromatic heterocycles. The molecule has 4 aliphatic rings. The second-order valence-electron chi connectivity index (χ2n) is 11.6. The van der Waals surface area contributed by atoms with E-state index in [2.05, 4.69) is 70.1 Å². The Morgan fingerprint density at radius 3 is 2.02 bits per heavy atom. The number of nitrogen functional groups attached to an aromatic ring is 1. The number of nitrogens with two attached hydrogens (primary N) is 1. The van der Waals surface area contributed by atoms with E-state index in [1.54, 1.807) is 13.8 Å². The van der Waals surface area contributed by atoms with Crippen LogP contribution in [0.3, 0.4) is 0 Å². The first-order chi connectivity index (χ1) is 23.1. The minimum absolute atomic E-state index is 0.0582. The first-order valence-corrected chi connectivity index (χ1v) is 19.5. The van der Waals surface area contributed by atoms with Crippen LogP contribution >= 0.6 is 15.6 Å². The summed E-state index contributed by atoms with van der Waals surface area (Å²) in [5, 5.41) is 0. The molecule has 0 amide bonds. The quantitative estimate of drug-likeness (QED) is 0.362. The zero-order valence-electron chi connectivity index (χ0n) is 29.6. The minimum atomic E-state index is -5.07. The average molecular weight is 742 g/mol. The highest BCUT2D eigenvalue weighted by atomic mass is 31.3. The van der Waals surface area contributed by atoms with Gasteiger partial charge in [0.15, 0.2) is 23.2 Å². The number of aromatic nitrogens is 4. The Hall–Kier alpha value is -1.83. The Balaban J connectivity index is 0.000000392. The molecule has 0 saturated carbocycles. The lowest BCUT2D eigenvalue weighted by atomic mass is 10.1. The fraction of sp³-hybridized carbons (Fsp3) is 0.821. The molecule has 2 unspecified atom stereocenters. The van der Waals surface area contributed by atoms with Crippen LogP contribution in [0.1, 0.15) is 61.6 Å². The Kier molecular flexibility index (Phi) is 15.4. The van der Waals surface area contributed by atoms with Crippen molar-refractivity contribution >= 4 is 32.8 Å². The lowest BCUT2D eigenvalue weighted by molar-refractivity contribution is -0.199. The van der Waals surface area contributed by atoms with Gasteiger partial charge >= 0.3 is 15.6 Å². The molecule has 49 heavy (non-hydrogen) atoms. The van der Waals surface area contributed by atoms with Gasteiger partial charge in [-0.1, -0.05) is 41.5 Å². The van der Waals surface area contributed by atoms with E-state index in [1.165, 1.54) is 50.2 Å². The van der Waals surface area contributed by atoms with E-state index in [4.69, 9.17) is 29.2 Å². The van der Waals surface area contributed by atoms with E-state index < -0.39 is 64.7 Å². The molecule has 19 nitrogen and oxygen atoms in total. The maximum atomic E-state index is 12.9. The van der Waals surface area contributed by atoms with E-state index >= 15 is 0 Å². The highest BCUT2D eigenvalue weighted by molar-refractivity contribution is 7.61. The van der Waals surface area contributed by atoms with Gasteiger partial charge in [0, 0.05) is 0 Å². The summed E-state index contributed by atoms with van der Waals surface area (Å²) < 4.78 is 63.7. The molecular formula is C28H53N7O12P2. The van der Waals surface area contributed by atoms with Crippen LogP contribution < -0.4 is 11.3 Å². The molecule has 0 radical (unpaired) electrons. The second-order valence-corrected chi connectivity index (χ2v) is 14.6. The highest BCUT2D eigenvalue weighted by Crippen LogP contribution is 2.60. The maximum Gasteiger partial charge on any atom is 0.481 e. The molecule has 6 rings (SSSR count). The SMILES string of the molecule is CC1(C)O[C@@H]2[C@H](O1)[C@H]1COP(=O)(O)OP(=O)(O)OCCOCn3cnc4c(nc(N)n4[C@@H]2O1)c3=O.CCN(CC)CC.CCN(CC)CC. The number of phosphoric ester groups is 2. The van der Waals surface area contributed by atoms with E-state index in [0.29, 0.717) is 0 Å². The lowest BCUT2D eigenvalue weighted by Gasteiger charge is -2.25. The Labute approximate surface area is 286 Å². The smallest absolute Gasteiger partial charge is 0.369 e. The van der Waals surface area contributed by atoms with Gasteiger partial charge in [-0.15, -0.1) is 0 Å². The molecule has 282 valence electrons. The summed E-state index contributed by atoms with van der Waals surface area (Å²) in [6.45, 7) is 21.9. The van der Waals surface area contributed by atoms with Crippen LogP contribution in [-0.4, -0.2) is 122 Å². The zero-order chi connectivity index (χ0) is 36.6. The van der Waals surface area contributed by atoms with Crippen molar-refractivity contribution in [1.29, 1.82) is 0 Å². The van der Waals surface area contributed by atoms with Gasteiger partial charge in [-0.05, 0) is 53.1 Å². The van der Waals surface area contributed by atoms with Crippen molar-refractivity contribution in [2.75, 3.05) is 64.8 Å². The van der Waals surface area contributed by atoms with Gasteiger partial charge in [-0.2, -0.15) is 4.31 Å². The predicted molar refractivity (Wildman–Crippen MR) is 179 cm³/mol. The summed E-state index contributed by atoms with van der Waals surface area (Å²) in [6, 6.07) is 0. The van der Waals surface area contributed by atoms with Gasteiger partial charge in [0.05, 0.1) is 19.8 Å². The minimum Gasteiger partial charge on any atom is -0.369 e. The standard InChI is InChI=1S/C16H23N5O12P2.2C6H15N/c1-16(2)31-10-8-5-29-35(25,26)33-34(23,24)28-4-3-27-7-20-6-18-12-9(13(20)22)19-15(17)21(12)14(30-8)11(10)32-16;2*1-4-7(5-2)6-3/h6,8,10-11,14H,3-5,7H2,1-2H3,(H2,17,19)(H,23,24)(H,25,26);2*4-6H2,1-3H3/t8-,10-,11-,14-;;/m1../s1. The van der Waals surface area contributed by atoms with E-state index in [-0.39, 0.29) is 30.4 Å². The number of rotatable bonds is 6. The summed E-state index contributed by atoms with van der Waals surface area (Å²) in [7, 11) is -10.1. The molecule has 4 aliphatic heterocycles. The normalized spacial score (nSPS) is 30.0. The maximum absolute atomic E-state index is 12.9. The molecular weight excluding hydrogens is 688 g/mol. The van der Waals surface area contributed by atoms with Crippen molar-refractivity contribution in [2.24, 2.45) is 0 Å². The number of phosphoric acid groups is 2. The number of nitrogens with zero attached hydrogens (tertiary/aromatic N) is 6. The fourth-order valence-corrected chi connectivity index (χ4v) is 7.49. The van der Waals surface area contributed by atoms with E-state index in [1.807, 2.05) is 0 Å². The predicted octanol–water partition coefficient (Wildman–Crippen LogP) is 2.53. The summed E-state index contributed by atoms with van der Waals surface area (Å²) >= 11 is 0. The second kappa shape index (κ2) is 18.1. The molecule has 6 bridgehead atoms. The van der Waals surface area contributed by atoms with Crippen molar-refractivity contribution in [3.63, 3.8) is 0 Å². The third-order valence-corrected chi connectivity index (χ3v) is 10.7. The summed E-state index contributed by atoms with van der Waals surface area (Å²) in [6.07, 6.45) is -2.43. The molecule has 0 aromatic carbocycles. The van der Waals surface area contributed by atoms with Crippen molar-refractivity contribution in [3.8, 4) is 0 Å². The van der Waals surface area contributed by atoms with Crippen LogP contribution in [0.15, 0.2) is 11.1 Å². The summed E-state index contributed by atoms with van der Waals surface area (Å²) in [5.41, 5.74) is 5.62. The number of imidazole rings is 1. The molecule has 2 aromatic rings. The number of hydrogen-bond acceptors (Lipinski definition) is 15. The van der Waals surface area contributed by atoms with E-state index in [9.17, 15) is 23.7 Å². The van der Waals surface area contributed by atoms with Crippen LogP contribution in [-0.2, 0) is 48.2 Å². The van der Waals surface area contributed by atoms with Crippen LogP contribution in [0.25, 0.3) is 11.2 Å². The summed E-state index contributed by atoms with van der Waals surface area (Å²) in [5.74, 6) is -1.16. The van der Waals surface area contributed by atoms with Crippen LogP contribution in [0.4, 0.5) is 5.95 Å². The van der Waals surface area contributed by atoms with Gasteiger partial charge < -0.3 is 44.3 Å². The fourth-order valence-electron chi connectivity index (χ4n) is 5.43. The molecule has 0 spiro atoms. The third-order valence-electron chi connectivity index (χ3n) is 8.08. The van der Waals surface area contributed by atoms with Crippen LogP contribution in [0.2, 0.25) is 0 Å². The molecule has 0 aliphatic carbocycles. The molecule has 21 heteroatoms. The molecule has 4 N–H and O–H groups in total. The van der Waals surface area contributed by atoms with Gasteiger partial charge in [-0.3, -0.25) is 23.0 Å². The number of fused-ring (bicyclic) bond motifs is 11. The largest absolute Gasteiger partial charge is 0.481 e. The van der Waals surface area contributed by atoms with Gasteiger partial charge in [0.1, 0.15) is 31.4 Å². The zero-order valence-corrected chi connectivity index (χ0v) is 31.4. The lowest BCUT2D eigenvalue weighted by Crippen LogP contribution is -2.32. The van der Waals surface area contributed by atoms with Gasteiger partial charge in [0.25, 0.3) is 5.56 Å². The third kappa shape index (κ3) is 11.1. The molecule has 6 heterocycles. The summed E-state index contributed by atoms with van der Waals surface area (Å²) in [4.78, 5) is 45.8. The van der Waals surface area contributed by atoms with Crippen molar-refractivity contribution in [2.45, 2.75) is 92.4 Å². The van der Waals surface area contributed by atoms with Gasteiger partial charge in [-0.25, -0.2) is 19.1 Å². The number of anilines is 1. The van der Waals surface area contributed by atoms with Gasteiger partial charge in [0.2, 0.25) is 5.95 Å². The first-order valence-electron chi connectivity index (χ1n) is 16.5. The van der Waals surface area contributed by atoms with E-state index in [0.717, 1.165) is 4.57 Å². The number of hydrogen-bond donors (Lipinski definition) is 3. The van der Waals surface area contributed by atoms with Crippen LogP contribution in [0, 0.1) is 0 Å².